The Bertz CT molecular complexity index is 325. The number of anilines is 1. The Morgan fingerprint density at radius 3 is 2.53 bits per heavy atom. The van der Waals surface area contributed by atoms with Gasteiger partial charge in [0.15, 0.2) is 0 Å². The van der Waals surface area contributed by atoms with Gasteiger partial charge in [-0.15, -0.1) is 0 Å². The van der Waals surface area contributed by atoms with Crippen molar-refractivity contribution >= 4 is 33.2 Å². The summed E-state index contributed by atoms with van der Waals surface area (Å²) < 4.78 is 1.01. The summed E-state index contributed by atoms with van der Waals surface area (Å²) in [6, 6.07) is 6.40. The molecule has 0 aromatic heterocycles. The molecule has 0 aliphatic rings. The van der Waals surface area contributed by atoms with E-state index >= 15 is 0 Å². The van der Waals surface area contributed by atoms with Crippen molar-refractivity contribution in [1.29, 1.82) is 0 Å². The van der Waals surface area contributed by atoms with Gasteiger partial charge in [0.2, 0.25) is 0 Å². The maximum absolute atomic E-state index is 6.14. The minimum Gasteiger partial charge on any atom is -0.381 e. The summed E-state index contributed by atoms with van der Waals surface area (Å²) in [5, 5.41) is 4.24. The van der Waals surface area contributed by atoms with Gasteiger partial charge in [-0.25, -0.2) is 0 Å². The van der Waals surface area contributed by atoms with Gasteiger partial charge in [0.05, 0.1) is 10.7 Å². The number of halogens is 2. The summed E-state index contributed by atoms with van der Waals surface area (Å²) >= 11 is 9.54. The Morgan fingerprint density at radius 1 is 1.40 bits per heavy atom. The molecule has 1 N–H and O–H groups in total. The molecule has 84 valence electrons. The zero-order valence-corrected chi connectivity index (χ0v) is 11.7. The second kappa shape index (κ2) is 5.76. The molecule has 0 spiro atoms. The minimum atomic E-state index is 0.476. The molecule has 0 bridgehead atoms. The van der Waals surface area contributed by atoms with E-state index in [4.69, 9.17) is 11.6 Å². The molecule has 1 aromatic rings. The van der Waals surface area contributed by atoms with E-state index in [-0.39, 0.29) is 0 Å². The van der Waals surface area contributed by atoms with E-state index in [2.05, 4.69) is 42.0 Å². The maximum Gasteiger partial charge on any atom is 0.0648 e. The molecular formula is C12H17BrClN. The first-order valence-electron chi connectivity index (χ1n) is 5.26. The van der Waals surface area contributed by atoms with E-state index < -0.39 is 0 Å². The van der Waals surface area contributed by atoms with Crippen LogP contribution in [0, 0.1) is 5.92 Å². The molecule has 1 nitrogen and oxygen atoms in total. The standard InChI is InChI=1S/C12H17BrClN/c1-4-11(8(2)3)15-12-6-5-9(13)7-10(12)14/h5-8,11,15H,4H2,1-3H3. The Labute approximate surface area is 105 Å². The van der Waals surface area contributed by atoms with E-state index in [0.717, 1.165) is 21.6 Å². The van der Waals surface area contributed by atoms with E-state index in [1.54, 1.807) is 0 Å². The second-order valence-electron chi connectivity index (χ2n) is 4.03. The molecular weight excluding hydrogens is 273 g/mol. The predicted octanol–water partition coefficient (Wildman–Crippen LogP) is 4.95. The smallest absolute Gasteiger partial charge is 0.0648 e. The zero-order chi connectivity index (χ0) is 11.4. The molecule has 3 heteroatoms. The van der Waals surface area contributed by atoms with Crippen LogP contribution in [-0.2, 0) is 0 Å². The highest BCUT2D eigenvalue weighted by Gasteiger charge is 2.11. The summed E-state index contributed by atoms with van der Waals surface area (Å²) in [5.41, 5.74) is 1.01. The molecule has 1 unspecified atom stereocenters. The summed E-state index contributed by atoms with van der Waals surface area (Å²) in [4.78, 5) is 0. The molecule has 0 fully saturated rings. The average molecular weight is 291 g/mol. The first-order chi connectivity index (χ1) is 7.04. The van der Waals surface area contributed by atoms with Crippen LogP contribution in [0.1, 0.15) is 27.2 Å². The number of rotatable bonds is 4. The molecule has 0 aliphatic heterocycles. The molecule has 0 amide bonds. The Morgan fingerprint density at radius 2 is 2.07 bits per heavy atom. The third kappa shape index (κ3) is 3.69. The molecule has 15 heavy (non-hydrogen) atoms. The highest BCUT2D eigenvalue weighted by molar-refractivity contribution is 9.10. The van der Waals surface area contributed by atoms with Crippen LogP contribution in [0.5, 0.6) is 0 Å². The Balaban J connectivity index is 2.79. The van der Waals surface area contributed by atoms with Gasteiger partial charge in [-0.3, -0.25) is 0 Å². The zero-order valence-electron chi connectivity index (χ0n) is 9.35. The van der Waals surface area contributed by atoms with Crippen LogP contribution < -0.4 is 5.32 Å². The van der Waals surface area contributed by atoms with Gasteiger partial charge < -0.3 is 5.32 Å². The van der Waals surface area contributed by atoms with Gasteiger partial charge in [-0.1, -0.05) is 48.3 Å². The van der Waals surface area contributed by atoms with Crippen molar-refractivity contribution in [1.82, 2.24) is 0 Å². The number of nitrogens with one attached hydrogen (secondary N) is 1. The fourth-order valence-corrected chi connectivity index (χ4v) is 2.27. The summed E-state index contributed by atoms with van der Waals surface area (Å²) in [7, 11) is 0. The minimum absolute atomic E-state index is 0.476. The van der Waals surface area contributed by atoms with Crippen LogP contribution in [0.2, 0.25) is 5.02 Å². The van der Waals surface area contributed by atoms with Crippen LogP contribution in [0.3, 0.4) is 0 Å². The molecule has 1 rings (SSSR count). The average Bonchev–Trinajstić information content (AvgIpc) is 2.16. The van der Waals surface area contributed by atoms with Crippen molar-refractivity contribution in [2.45, 2.75) is 33.2 Å². The lowest BCUT2D eigenvalue weighted by atomic mass is 10.0. The highest BCUT2D eigenvalue weighted by Crippen LogP contribution is 2.27. The number of hydrogen-bond donors (Lipinski definition) is 1. The molecule has 0 radical (unpaired) electrons. The quantitative estimate of drug-likeness (QED) is 0.827. The van der Waals surface area contributed by atoms with Gasteiger partial charge in [0.25, 0.3) is 0 Å². The highest BCUT2D eigenvalue weighted by atomic mass is 79.9. The first kappa shape index (κ1) is 12.9. The van der Waals surface area contributed by atoms with Crippen molar-refractivity contribution in [2.24, 2.45) is 5.92 Å². The summed E-state index contributed by atoms with van der Waals surface area (Å²) in [6.07, 6.45) is 1.10. The largest absolute Gasteiger partial charge is 0.381 e. The van der Waals surface area contributed by atoms with E-state index in [9.17, 15) is 0 Å². The molecule has 0 aliphatic carbocycles. The van der Waals surface area contributed by atoms with E-state index in [1.807, 2.05) is 18.2 Å². The van der Waals surface area contributed by atoms with E-state index in [0.29, 0.717) is 12.0 Å². The van der Waals surface area contributed by atoms with Gasteiger partial charge in [0.1, 0.15) is 0 Å². The Hall–Kier alpha value is -0.210. The maximum atomic E-state index is 6.14. The van der Waals surface area contributed by atoms with Crippen molar-refractivity contribution in [3.8, 4) is 0 Å². The lowest BCUT2D eigenvalue weighted by molar-refractivity contribution is 0.511. The third-order valence-electron chi connectivity index (χ3n) is 2.52. The van der Waals surface area contributed by atoms with Gasteiger partial charge in [-0.05, 0) is 30.5 Å². The van der Waals surface area contributed by atoms with Crippen LogP contribution >= 0.6 is 27.5 Å². The van der Waals surface area contributed by atoms with Crippen molar-refractivity contribution in [3.63, 3.8) is 0 Å². The first-order valence-corrected chi connectivity index (χ1v) is 6.43. The summed E-state index contributed by atoms with van der Waals surface area (Å²) in [6.45, 7) is 6.62. The molecule has 0 heterocycles. The lowest BCUT2D eigenvalue weighted by Gasteiger charge is -2.22. The summed E-state index contributed by atoms with van der Waals surface area (Å²) in [5.74, 6) is 0.606. The molecule has 0 saturated heterocycles. The number of hydrogen-bond acceptors (Lipinski definition) is 1. The van der Waals surface area contributed by atoms with Gasteiger partial charge >= 0.3 is 0 Å². The lowest BCUT2D eigenvalue weighted by Crippen LogP contribution is -2.24. The van der Waals surface area contributed by atoms with E-state index in [1.165, 1.54) is 0 Å². The normalized spacial score (nSPS) is 12.9. The monoisotopic (exact) mass is 289 g/mol. The molecule has 0 saturated carbocycles. The fourth-order valence-electron chi connectivity index (χ4n) is 1.55. The second-order valence-corrected chi connectivity index (χ2v) is 5.35. The van der Waals surface area contributed by atoms with Crippen LogP contribution in [0.4, 0.5) is 5.69 Å². The van der Waals surface area contributed by atoms with Crippen molar-refractivity contribution in [2.75, 3.05) is 5.32 Å². The third-order valence-corrected chi connectivity index (χ3v) is 3.32. The van der Waals surface area contributed by atoms with Crippen LogP contribution in [0.15, 0.2) is 22.7 Å². The van der Waals surface area contributed by atoms with Crippen LogP contribution in [-0.4, -0.2) is 6.04 Å². The van der Waals surface area contributed by atoms with Crippen molar-refractivity contribution in [3.05, 3.63) is 27.7 Å². The van der Waals surface area contributed by atoms with Gasteiger partial charge in [-0.2, -0.15) is 0 Å². The van der Waals surface area contributed by atoms with Crippen molar-refractivity contribution < 1.29 is 0 Å². The molecule has 1 atom stereocenters. The Kier molecular flexibility index (Phi) is 4.94. The fraction of sp³-hybridized carbons (Fsp3) is 0.500. The molecule has 1 aromatic carbocycles. The predicted molar refractivity (Wildman–Crippen MR) is 71.7 cm³/mol. The van der Waals surface area contributed by atoms with Gasteiger partial charge in [0, 0.05) is 10.5 Å². The topological polar surface area (TPSA) is 12.0 Å². The SMILES string of the molecule is CCC(Nc1ccc(Br)cc1Cl)C(C)C. The van der Waals surface area contributed by atoms with Crippen LogP contribution in [0.25, 0.3) is 0 Å². The number of benzene rings is 1.